The second-order valence-corrected chi connectivity index (χ2v) is 7.20. The molecule has 0 bridgehead atoms. The largest absolute Gasteiger partial charge is 0.497 e. The standard InChI is InChI=1S/C26H27N3O6/c1-4-34-22-14-11-19(16-23(22)35-5-2)26(32)29-28-25(31)18-7-6-8-20(15-18)27-24(30)17-9-12-21(33-3)13-10-17/h6-16H,4-5H2,1-3H3,(H,27,30)(H,28,31)(H,29,32). The Morgan fingerprint density at radius 2 is 1.29 bits per heavy atom. The molecule has 0 aliphatic carbocycles. The average Bonchev–Trinajstić information content (AvgIpc) is 2.88. The number of carbonyl (C=O) groups excluding carboxylic acids is 3. The van der Waals surface area contributed by atoms with Crippen LogP contribution < -0.4 is 30.4 Å². The van der Waals surface area contributed by atoms with Gasteiger partial charge >= 0.3 is 0 Å². The Kier molecular flexibility index (Phi) is 8.66. The molecule has 9 heteroatoms. The molecule has 35 heavy (non-hydrogen) atoms. The lowest BCUT2D eigenvalue weighted by Crippen LogP contribution is -2.41. The van der Waals surface area contributed by atoms with Gasteiger partial charge in [-0.05, 0) is 74.5 Å². The average molecular weight is 478 g/mol. The summed E-state index contributed by atoms with van der Waals surface area (Å²) in [5.41, 5.74) is 6.16. The molecule has 0 aliphatic rings. The van der Waals surface area contributed by atoms with Gasteiger partial charge in [-0.1, -0.05) is 6.07 Å². The van der Waals surface area contributed by atoms with Gasteiger partial charge in [-0.2, -0.15) is 0 Å². The highest BCUT2D eigenvalue weighted by atomic mass is 16.5. The molecule has 3 rings (SSSR count). The highest BCUT2D eigenvalue weighted by Crippen LogP contribution is 2.28. The van der Waals surface area contributed by atoms with Crippen LogP contribution in [0.25, 0.3) is 0 Å². The first kappa shape index (κ1) is 25.1. The molecule has 9 nitrogen and oxygen atoms in total. The van der Waals surface area contributed by atoms with Crippen LogP contribution in [0.2, 0.25) is 0 Å². The van der Waals surface area contributed by atoms with Gasteiger partial charge in [0.05, 0.1) is 20.3 Å². The molecule has 0 unspecified atom stereocenters. The zero-order valence-corrected chi connectivity index (χ0v) is 19.7. The van der Waals surface area contributed by atoms with Crippen molar-refractivity contribution in [3.8, 4) is 17.2 Å². The number of hydrazine groups is 1. The Labute approximate surface area is 203 Å². The molecule has 0 aromatic heterocycles. The van der Waals surface area contributed by atoms with Crippen LogP contribution in [0.15, 0.2) is 66.7 Å². The number of benzene rings is 3. The third kappa shape index (κ3) is 6.73. The van der Waals surface area contributed by atoms with Crippen molar-refractivity contribution in [1.82, 2.24) is 10.9 Å². The number of carbonyl (C=O) groups is 3. The Morgan fingerprint density at radius 1 is 0.686 bits per heavy atom. The first-order valence-electron chi connectivity index (χ1n) is 11.0. The van der Waals surface area contributed by atoms with Crippen LogP contribution in [0.5, 0.6) is 17.2 Å². The van der Waals surface area contributed by atoms with E-state index in [4.69, 9.17) is 14.2 Å². The molecule has 0 atom stereocenters. The summed E-state index contributed by atoms with van der Waals surface area (Å²) in [5.74, 6) is 0.207. The second kappa shape index (κ2) is 12.1. The fourth-order valence-corrected chi connectivity index (χ4v) is 3.13. The fourth-order valence-electron chi connectivity index (χ4n) is 3.13. The fraction of sp³-hybridized carbons (Fsp3) is 0.192. The molecule has 3 aromatic rings. The molecule has 0 saturated heterocycles. The first-order chi connectivity index (χ1) is 16.9. The molecule has 0 saturated carbocycles. The third-order valence-corrected chi connectivity index (χ3v) is 4.83. The number of amides is 3. The predicted octanol–water partition coefficient (Wildman–Crippen LogP) is 3.82. The van der Waals surface area contributed by atoms with E-state index in [-0.39, 0.29) is 17.0 Å². The summed E-state index contributed by atoms with van der Waals surface area (Å²) in [5, 5.41) is 2.74. The van der Waals surface area contributed by atoms with E-state index in [1.807, 2.05) is 13.8 Å². The van der Waals surface area contributed by atoms with Gasteiger partial charge in [-0.3, -0.25) is 25.2 Å². The van der Waals surface area contributed by atoms with Crippen LogP contribution in [-0.4, -0.2) is 38.0 Å². The minimum Gasteiger partial charge on any atom is -0.497 e. The quantitative estimate of drug-likeness (QED) is 0.404. The van der Waals surface area contributed by atoms with E-state index in [0.717, 1.165) is 0 Å². The number of rotatable bonds is 9. The van der Waals surface area contributed by atoms with Gasteiger partial charge in [0.15, 0.2) is 11.5 Å². The molecule has 182 valence electrons. The summed E-state index contributed by atoms with van der Waals surface area (Å²) in [6, 6.07) is 17.8. The lowest BCUT2D eigenvalue weighted by molar-refractivity contribution is 0.0846. The smallest absolute Gasteiger partial charge is 0.269 e. The maximum atomic E-state index is 12.6. The minimum absolute atomic E-state index is 0.250. The van der Waals surface area contributed by atoms with E-state index in [9.17, 15) is 14.4 Å². The molecular weight excluding hydrogens is 450 g/mol. The summed E-state index contributed by atoms with van der Waals surface area (Å²) in [7, 11) is 1.55. The summed E-state index contributed by atoms with van der Waals surface area (Å²) in [6.07, 6.45) is 0. The van der Waals surface area contributed by atoms with Crippen molar-refractivity contribution < 1.29 is 28.6 Å². The van der Waals surface area contributed by atoms with E-state index in [0.29, 0.717) is 41.7 Å². The number of hydrogen-bond donors (Lipinski definition) is 3. The molecule has 3 aromatic carbocycles. The minimum atomic E-state index is -0.546. The number of anilines is 1. The third-order valence-electron chi connectivity index (χ3n) is 4.83. The van der Waals surface area contributed by atoms with Gasteiger partial charge in [-0.15, -0.1) is 0 Å². The zero-order chi connectivity index (χ0) is 25.2. The molecule has 3 N–H and O–H groups in total. The number of methoxy groups -OCH3 is 1. The van der Waals surface area contributed by atoms with Gasteiger partial charge in [-0.25, -0.2) is 0 Å². The lowest BCUT2D eigenvalue weighted by Gasteiger charge is -2.13. The van der Waals surface area contributed by atoms with Crippen LogP contribution >= 0.6 is 0 Å². The Hall–Kier alpha value is -4.53. The molecule has 0 spiro atoms. The maximum absolute atomic E-state index is 12.6. The number of nitrogens with one attached hydrogen (secondary N) is 3. The van der Waals surface area contributed by atoms with Gasteiger partial charge < -0.3 is 19.5 Å². The molecular formula is C26H27N3O6. The molecule has 3 amide bonds. The molecule has 0 fully saturated rings. The maximum Gasteiger partial charge on any atom is 0.269 e. The van der Waals surface area contributed by atoms with Gasteiger partial charge in [0, 0.05) is 22.4 Å². The summed E-state index contributed by atoms with van der Waals surface area (Å²) in [4.78, 5) is 37.6. The Balaban J connectivity index is 1.62. The van der Waals surface area contributed by atoms with E-state index in [1.54, 1.807) is 67.8 Å². The number of hydrogen-bond acceptors (Lipinski definition) is 6. The van der Waals surface area contributed by atoms with E-state index >= 15 is 0 Å². The van der Waals surface area contributed by atoms with Crippen molar-refractivity contribution in [1.29, 1.82) is 0 Å². The summed E-state index contributed by atoms with van der Waals surface area (Å²) in [6.45, 7) is 4.55. The van der Waals surface area contributed by atoms with E-state index < -0.39 is 11.8 Å². The van der Waals surface area contributed by atoms with Crippen LogP contribution in [0.1, 0.15) is 44.9 Å². The van der Waals surface area contributed by atoms with Gasteiger partial charge in [0.2, 0.25) is 0 Å². The molecule has 0 heterocycles. The SMILES string of the molecule is CCOc1ccc(C(=O)NNC(=O)c2cccc(NC(=O)c3ccc(OC)cc3)c2)cc1OCC. The highest BCUT2D eigenvalue weighted by Gasteiger charge is 2.14. The van der Waals surface area contributed by atoms with E-state index in [1.165, 1.54) is 6.07 Å². The lowest BCUT2D eigenvalue weighted by atomic mass is 10.1. The highest BCUT2D eigenvalue weighted by molar-refractivity contribution is 6.05. The van der Waals surface area contributed by atoms with Crippen LogP contribution in [0.3, 0.4) is 0 Å². The van der Waals surface area contributed by atoms with Gasteiger partial charge in [0.1, 0.15) is 5.75 Å². The van der Waals surface area contributed by atoms with Crippen molar-refractivity contribution in [3.63, 3.8) is 0 Å². The van der Waals surface area contributed by atoms with E-state index in [2.05, 4.69) is 16.2 Å². The van der Waals surface area contributed by atoms with Crippen molar-refractivity contribution in [2.75, 3.05) is 25.6 Å². The molecule has 0 radical (unpaired) electrons. The van der Waals surface area contributed by atoms with Crippen molar-refractivity contribution in [3.05, 3.63) is 83.4 Å². The van der Waals surface area contributed by atoms with Crippen molar-refractivity contribution in [2.24, 2.45) is 0 Å². The molecule has 0 aliphatic heterocycles. The summed E-state index contributed by atoms with van der Waals surface area (Å²) < 4.78 is 16.1. The second-order valence-electron chi connectivity index (χ2n) is 7.20. The van der Waals surface area contributed by atoms with Crippen LogP contribution in [0.4, 0.5) is 5.69 Å². The first-order valence-corrected chi connectivity index (χ1v) is 11.0. The van der Waals surface area contributed by atoms with Gasteiger partial charge in [0.25, 0.3) is 17.7 Å². The Morgan fingerprint density at radius 3 is 1.91 bits per heavy atom. The summed E-state index contributed by atoms with van der Waals surface area (Å²) >= 11 is 0. The Bertz CT molecular complexity index is 1190. The predicted molar refractivity (Wildman–Crippen MR) is 131 cm³/mol. The van der Waals surface area contributed by atoms with Crippen molar-refractivity contribution in [2.45, 2.75) is 13.8 Å². The number of ether oxygens (including phenoxy) is 3. The van der Waals surface area contributed by atoms with Crippen LogP contribution in [-0.2, 0) is 0 Å². The normalized spacial score (nSPS) is 10.1. The van der Waals surface area contributed by atoms with Crippen LogP contribution in [0, 0.1) is 0 Å². The monoisotopic (exact) mass is 477 g/mol. The van der Waals surface area contributed by atoms with Crippen molar-refractivity contribution >= 4 is 23.4 Å². The zero-order valence-electron chi connectivity index (χ0n) is 19.7. The topological polar surface area (TPSA) is 115 Å².